The predicted molar refractivity (Wildman–Crippen MR) is 177 cm³/mol. The van der Waals surface area contributed by atoms with Gasteiger partial charge in [-0.15, -0.1) is 0 Å². The van der Waals surface area contributed by atoms with Crippen LogP contribution in [0.4, 0.5) is 0 Å². The Hall–Kier alpha value is -6.00. The zero-order valence-electron chi connectivity index (χ0n) is 25.7. The molecule has 3 heterocycles. The van der Waals surface area contributed by atoms with Crippen LogP contribution in [-0.2, 0) is 25.8 Å². The van der Waals surface area contributed by atoms with E-state index in [1.54, 1.807) is 54.6 Å². The van der Waals surface area contributed by atoms with E-state index in [-0.39, 0.29) is 43.1 Å². The number of benzene rings is 6. The van der Waals surface area contributed by atoms with Crippen molar-refractivity contribution < 1.29 is 54.4 Å². The molecular weight excluding hydrogens is 651 g/mol. The first-order valence-electron chi connectivity index (χ1n) is 14.9. The van der Waals surface area contributed by atoms with Crippen LogP contribution in [-0.4, -0.2) is 15.0 Å². The Morgan fingerprint density at radius 2 is 0.571 bits per heavy atom. The van der Waals surface area contributed by atoms with E-state index >= 15 is 0 Å². The summed E-state index contributed by atoms with van der Waals surface area (Å²) < 4.78 is 16.6. The molecule has 0 N–H and O–H groups in total. The maximum absolute atomic E-state index is 11.6. The zero-order chi connectivity index (χ0) is 32.9. The number of fused-ring (bicyclic) bond motifs is 3. The monoisotopic (exact) mass is 675 g/mol. The molecule has 6 aromatic carbocycles. The van der Waals surface area contributed by atoms with E-state index in [1.807, 2.05) is 72.8 Å². The summed E-state index contributed by atoms with van der Waals surface area (Å²) >= 11 is 0. The number of hydrogen-bond donors (Lipinski definition) is 0. The van der Waals surface area contributed by atoms with Gasteiger partial charge in [0.25, 0.3) is 0 Å². The first-order valence-corrected chi connectivity index (χ1v) is 14.9. The van der Waals surface area contributed by atoms with E-state index in [4.69, 9.17) is 13.3 Å². The van der Waals surface area contributed by atoms with Gasteiger partial charge in [-0.25, -0.2) is 15.0 Å². The minimum Gasteiger partial charge on any atom is -0.872 e. The third-order valence-electron chi connectivity index (χ3n) is 7.23. The second-order valence-corrected chi connectivity index (χ2v) is 10.4. The average molecular weight is 676 g/mol. The summed E-state index contributed by atoms with van der Waals surface area (Å²) in [6.45, 7) is 0. The largest absolute Gasteiger partial charge is 3.00 e. The number of nitrogens with zero attached hydrogens (tertiary/aromatic N) is 3. The van der Waals surface area contributed by atoms with Crippen molar-refractivity contribution in [2.75, 3.05) is 0 Å². The van der Waals surface area contributed by atoms with Crippen molar-refractivity contribution in [3.63, 3.8) is 0 Å². The van der Waals surface area contributed by atoms with Crippen molar-refractivity contribution in [3.8, 4) is 51.6 Å². The molecule has 0 saturated carbocycles. The van der Waals surface area contributed by atoms with E-state index in [9.17, 15) is 15.3 Å². The molecule has 234 valence electrons. The molecule has 0 atom stereocenters. The van der Waals surface area contributed by atoms with Crippen LogP contribution in [0, 0.1) is 0 Å². The fourth-order valence-corrected chi connectivity index (χ4v) is 4.89. The van der Waals surface area contributed by atoms with Crippen LogP contribution in [0.15, 0.2) is 159 Å². The Morgan fingerprint density at radius 1 is 0.327 bits per heavy atom. The standard InChI is InChI=1S/3C13H9NO2.Sc/c3*15-11-7-3-1-5-9(11)13-14-10-6-2-4-8-12(10)16-13;/h3*1-8,15H;/q;;;+3/p-3. The van der Waals surface area contributed by atoms with Crippen LogP contribution in [0.3, 0.4) is 0 Å². The van der Waals surface area contributed by atoms with Crippen molar-refractivity contribution in [1.82, 2.24) is 15.0 Å². The molecule has 0 saturated heterocycles. The van der Waals surface area contributed by atoms with E-state index in [2.05, 4.69) is 15.0 Å². The van der Waals surface area contributed by atoms with Gasteiger partial charge in [0.2, 0.25) is 17.7 Å². The normalized spacial score (nSPS) is 10.5. The molecule has 3 aromatic heterocycles. The Labute approximate surface area is 298 Å². The summed E-state index contributed by atoms with van der Waals surface area (Å²) in [6, 6.07) is 42.5. The molecular formula is C39H24N3O6Sc. The molecule has 0 fully saturated rings. The summed E-state index contributed by atoms with van der Waals surface area (Å²) in [6.07, 6.45) is 0. The van der Waals surface area contributed by atoms with Crippen molar-refractivity contribution in [2.24, 2.45) is 0 Å². The third kappa shape index (κ3) is 7.29. The van der Waals surface area contributed by atoms with Gasteiger partial charge in [0.15, 0.2) is 16.7 Å². The molecule has 0 aliphatic rings. The first kappa shape index (κ1) is 32.9. The molecule has 0 unspecified atom stereocenters. The van der Waals surface area contributed by atoms with Gasteiger partial charge in [-0.3, -0.25) is 0 Å². The van der Waals surface area contributed by atoms with Gasteiger partial charge in [0.1, 0.15) is 16.6 Å². The summed E-state index contributed by atoms with van der Waals surface area (Å²) in [7, 11) is 0. The number of hydrogen-bond acceptors (Lipinski definition) is 9. The van der Waals surface area contributed by atoms with E-state index < -0.39 is 0 Å². The summed E-state index contributed by atoms with van der Waals surface area (Å²) in [5, 5.41) is 34.8. The quantitative estimate of drug-likeness (QED) is 0.184. The Kier molecular flexibility index (Phi) is 9.96. The number of para-hydroxylation sites is 9. The molecule has 0 amide bonds. The maximum Gasteiger partial charge on any atom is 3.00 e. The SMILES string of the molecule is [O-]c1ccccc1-c1nc2ccccc2o1.[O-]c1ccccc1-c1nc2ccccc2o1.[O-]c1ccccc1-c1nc2ccccc2o1.[Sc+3]. The minimum atomic E-state index is -0.0749. The van der Waals surface area contributed by atoms with Crippen LogP contribution in [0.2, 0.25) is 0 Å². The number of rotatable bonds is 3. The van der Waals surface area contributed by atoms with Gasteiger partial charge in [-0.2, -0.15) is 0 Å². The topological polar surface area (TPSA) is 147 Å². The summed E-state index contributed by atoms with van der Waals surface area (Å²) in [5.41, 5.74) is 5.88. The second kappa shape index (κ2) is 14.8. The maximum atomic E-state index is 11.6. The summed E-state index contributed by atoms with van der Waals surface area (Å²) in [4.78, 5) is 12.8. The second-order valence-electron chi connectivity index (χ2n) is 10.4. The van der Waals surface area contributed by atoms with Crippen LogP contribution in [0.5, 0.6) is 17.2 Å². The van der Waals surface area contributed by atoms with Gasteiger partial charge in [-0.05, 0) is 36.4 Å². The van der Waals surface area contributed by atoms with E-state index in [0.717, 1.165) is 16.6 Å². The number of oxazole rings is 3. The van der Waals surface area contributed by atoms with Crippen molar-refractivity contribution >= 4 is 33.3 Å². The fourth-order valence-electron chi connectivity index (χ4n) is 4.89. The van der Waals surface area contributed by atoms with E-state index in [1.165, 1.54) is 18.2 Å². The molecule has 0 aliphatic carbocycles. The van der Waals surface area contributed by atoms with Crippen molar-refractivity contribution in [1.29, 1.82) is 0 Å². The van der Waals surface area contributed by atoms with Crippen molar-refractivity contribution in [3.05, 3.63) is 146 Å². The Balaban J connectivity index is 0.000000126. The van der Waals surface area contributed by atoms with Crippen LogP contribution in [0.25, 0.3) is 67.7 Å². The molecule has 9 nitrogen and oxygen atoms in total. The van der Waals surface area contributed by atoms with Crippen molar-refractivity contribution in [2.45, 2.75) is 0 Å². The van der Waals surface area contributed by atoms with Gasteiger partial charge in [-0.1, -0.05) is 126 Å². The molecule has 0 spiro atoms. The third-order valence-corrected chi connectivity index (χ3v) is 7.23. The van der Waals surface area contributed by atoms with E-state index in [0.29, 0.717) is 51.1 Å². The van der Waals surface area contributed by atoms with Crippen LogP contribution >= 0.6 is 0 Å². The van der Waals surface area contributed by atoms with Gasteiger partial charge >= 0.3 is 25.8 Å². The Morgan fingerprint density at radius 3 is 0.837 bits per heavy atom. The smallest absolute Gasteiger partial charge is 0.872 e. The summed E-state index contributed by atoms with van der Waals surface area (Å²) in [5.74, 6) is 0.919. The molecule has 0 bridgehead atoms. The molecule has 10 heteroatoms. The molecule has 9 aromatic rings. The molecule has 49 heavy (non-hydrogen) atoms. The predicted octanol–water partition coefficient (Wildman–Crippen LogP) is 7.70. The van der Waals surface area contributed by atoms with Crippen LogP contribution < -0.4 is 15.3 Å². The minimum absolute atomic E-state index is 0. The molecule has 0 radical (unpaired) electrons. The van der Waals surface area contributed by atoms with Crippen LogP contribution in [0.1, 0.15) is 0 Å². The fraction of sp³-hybridized carbons (Fsp3) is 0. The molecule has 0 aliphatic heterocycles. The van der Waals surface area contributed by atoms with Gasteiger partial charge in [0, 0.05) is 16.7 Å². The van der Waals surface area contributed by atoms with Gasteiger partial charge in [0.05, 0.1) is 0 Å². The first-order chi connectivity index (χ1) is 23.5. The molecule has 9 rings (SSSR count). The number of aromatic nitrogens is 3. The van der Waals surface area contributed by atoms with Gasteiger partial charge < -0.3 is 28.6 Å². The zero-order valence-corrected chi connectivity index (χ0v) is 27.5. The Bertz CT molecular complexity index is 2110. The average Bonchev–Trinajstić information content (AvgIpc) is 3.86.